The van der Waals surface area contributed by atoms with Crippen molar-refractivity contribution in [2.24, 2.45) is 0 Å². The lowest BCUT2D eigenvalue weighted by Crippen LogP contribution is -2.25. The third-order valence-corrected chi connectivity index (χ3v) is 4.99. The van der Waals surface area contributed by atoms with Gasteiger partial charge in [-0.25, -0.2) is 0 Å². The minimum absolute atomic E-state index is 0.0934. The van der Waals surface area contributed by atoms with Crippen molar-refractivity contribution in [3.63, 3.8) is 0 Å². The molecule has 24 heavy (non-hydrogen) atoms. The zero-order chi connectivity index (χ0) is 16.4. The van der Waals surface area contributed by atoms with E-state index < -0.39 is 0 Å². The van der Waals surface area contributed by atoms with E-state index in [0.717, 1.165) is 13.0 Å². The summed E-state index contributed by atoms with van der Waals surface area (Å²) in [5.74, 6) is 1.17. The first-order valence-corrected chi connectivity index (χ1v) is 8.90. The van der Waals surface area contributed by atoms with Crippen LogP contribution in [0.1, 0.15) is 16.1 Å². The molecule has 0 aliphatic carbocycles. The number of carbonyl (C=O) groups is 1. The van der Waals surface area contributed by atoms with Gasteiger partial charge >= 0.3 is 0 Å². The van der Waals surface area contributed by atoms with Crippen LogP contribution in [0.2, 0.25) is 0 Å². The van der Waals surface area contributed by atoms with Crippen molar-refractivity contribution >= 4 is 28.1 Å². The number of hydrogen-bond donors (Lipinski definition) is 1. The smallest absolute Gasteiger partial charge is 0.265 e. The molecule has 0 radical (unpaired) electrons. The average Bonchev–Trinajstić information content (AvgIpc) is 3.23. The van der Waals surface area contributed by atoms with Crippen LogP contribution >= 0.6 is 11.3 Å². The Morgan fingerprint density at radius 1 is 1.21 bits per heavy atom. The molecule has 1 N–H and O–H groups in total. The fourth-order valence-corrected chi connectivity index (χ4v) is 3.73. The third-order valence-electron chi connectivity index (χ3n) is 4.05. The van der Waals surface area contributed by atoms with Gasteiger partial charge in [-0.15, -0.1) is 11.3 Å². The third kappa shape index (κ3) is 2.85. The number of fused-ring (bicyclic) bond motifs is 2. The predicted molar refractivity (Wildman–Crippen MR) is 94.2 cm³/mol. The summed E-state index contributed by atoms with van der Waals surface area (Å²) in [5.41, 5.74) is 1.22. The summed E-state index contributed by atoms with van der Waals surface area (Å²) >= 11 is 1.36. The molecule has 3 aromatic rings. The van der Waals surface area contributed by atoms with E-state index >= 15 is 0 Å². The largest absolute Gasteiger partial charge is 0.485 e. The SMILES string of the molecule is O=C(NCCCn1ccc2ccccc21)c1scc2c1OCCO2. The lowest BCUT2D eigenvalue weighted by molar-refractivity contribution is 0.0947. The number of aromatic nitrogens is 1. The van der Waals surface area contributed by atoms with E-state index in [0.29, 0.717) is 36.1 Å². The zero-order valence-corrected chi connectivity index (χ0v) is 14.0. The maximum atomic E-state index is 12.3. The number of thiophene rings is 1. The van der Waals surface area contributed by atoms with Gasteiger partial charge in [-0.3, -0.25) is 4.79 Å². The standard InChI is InChI=1S/C18H18N2O3S/c21-18(17-16-15(12-24-17)22-10-11-23-16)19-7-3-8-20-9-6-13-4-1-2-5-14(13)20/h1-2,4-6,9,12H,3,7-8,10-11H2,(H,19,21). The van der Waals surface area contributed by atoms with Crippen LogP contribution in [0.15, 0.2) is 41.9 Å². The molecule has 3 heterocycles. The lowest BCUT2D eigenvalue weighted by atomic mass is 10.2. The molecule has 0 saturated carbocycles. The highest BCUT2D eigenvalue weighted by atomic mass is 32.1. The maximum Gasteiger partial charge on any atom is 0.265 e. The second-order valence-corrected chi connectivity index (χ2v) is 6.51. The lowest BCUT2D eigenvalue weighted by Gasteiger charge is -2.15. The monoisotopic (exact) mass is 342 g/mol. The van der Waals surface area contributed by atoms with Crippen molar-refractivity contribution in [1.29, 1.82) is 0 Å². The molecule has 2 aromatic heterocycles. The average molecular weight is 342 g/mol. The molecule has 1 aromatic carbocycles. The highest BCUT2D eigenvalue weighted by molar-refractivity contribution is 7.12. The molecule has 4 rings (SSSR count). The highest BCUT2D eigenvalue weighted by Gasteiger charge is 2.23. The van der Waals surface area contributed by atoms with Gasteiger partial charge in [0.05, 0.1) is 0 Å². The van der Waals surface area contributed by atoms with Crippen LogP contribution in [0.4, 0.5) is 0 Å². The first-order chi connectivity index (χ1) is 11.8. The van der Waals surface area contributed by atoms with Gasteiger partial charge in [0.2, 0.25) is 0 Å². The summed E-state index contributed by atoms with van der Waals surface area (Å²) < 4.78 is 13.2. The van der Waals surface area contributed by atoms with Crippen LogP contribution in [0.3, 0.4) is 0 Å². The number of benzene rings is 1. The van der Waals surface area contributed by atoms with Crippen molar-refractivity contribution in [3.8, 4) is 11.5 Å². The van der Waals surface area contributed by atoms with E-state index in [1.807, 2.05) is 17.5 Å². The van der Waals surface area contributed by atoms with E-state index in [-0.39, 0.29) is 5.91 Å². The summed E-state index contributed by atoms with van der Waals surface area (Å²) in [6.45, 7) is 2.52. The highest BCUT2D eigenvalue weighted by Crippen LogP contribution is 2.39. The van der Waals surface area contributed by atoms with Gasteiger partial charge in [-0.2, -0.15) is 0 Å². The molecule has 5 nitrogen and oxygen atoms in total. The Hall–Kier alpha value is -2.47. The molecule has 0 bridgehead atoms. The molecule has 0 unspecified atom stereocenters. The molecular formula is C18H18N2O3S. The number of hydrogen-bond acceptors (Lipinski definition) is 4. The summed E-state index contributed by atoms with van der Waals surface area (Å²) in [6.07, 6.45) is 2.96. The van der Waals surface area contributed by atoms with Crippen molar-refractivity contribution in [3.05, 3.63) is 46.8 Å². The van der Waals surface area contributed by atoms with Gasteiger partial charge in [0, 0.05) is 30.2 Å². The molecule has 124 valence electrons. The van der Waals surface area contributed by atoms with Gasteiger partial charge < -0.3 is 19.4 Å². The number of ether oxygens (including phenoxy) is 2. The number of aryl methyl sites for hydroxylation is 1. The van der Waals surface area contributed by atoms with Crippen molar-refractivity contribution in [2.45, 2.75) is 13.0 Å². The summed E-state index contributed by atoms with van der Waals surface area (Å²) in [4.78, 5) is 12.9. The molecule has 1 aliphatic rings. The van der Waals surface area contributed by atoms with Gasteiger partial charge in [0.1, 0.15) is 18.1 Å². The van der Waals surface area contributed by atoms with Crippen LogP contribution in [-0.2, 0) is 6.54 Å². The van der Waals surface area contributed by atoms with Crippen LogP contribution in [0, 0.1) is 0 Å². The van der Waals surface area contributed by atoms with E-state index in [2.05, 4.69) is 34.3 Å². The molecular weight excluding hydrogens is 324 g/mol. The fourth-order valence-electron chi connectivity index (χ4n) is 2.89. The Balaban J connectivity index is 1.33. The Morgan fingerprint density at radius 2 is 2.08 bits per heavy atom. The molecule has 1 aliphatic heterocycles. The number of carbonyl (C=O) groups excluding carboxylic acids is 1. The van der Waals surface area contributed by atoms with Crippen LogP contribution in [-0.4, -0.2) is 30.2 Å². The number of amides is 1. The van der Waals surface area contributed by atoms with Crippen LogP contribution in [0.25, 0.3) is 10.9 Å². The van der Waals surface area contributed by atoms with E-state index in [1.54, 1.807) is 0 Å². The zero-order valence-electron chi connectivity index (χ0n) is 13.2. The van der Waals surface area contributed by atoms with Crippen molar-refractivity contribution < 1.29 is 14.3 Å². The van der Waals surface area contributed by atoms with Gasteiger partial charge in [0.15, 0.2) is 11.5 Å². The summed E-state index contributed by atoms with van der Waals surface area (Å²) in [6, 6.07) is 10.4. The van der Waals surface area contributed by atoms with Crippen molar-refractivity contribution in [1.82, 2.24) is 9.88 Å². The number of para-hydroxylation sites is 1. The molecule has 0 saturated heterocycles. The Bertz CT molecular complexity index is 868. The first kappa shape index (κ1) is 15.1. The van der Waals surface area contributed by atoms with E-state index in [4.69, 9.17) is 9.47 Å². The fraction of sp³-hybridized carbons (Fsp3) is 0.278. The molecule has 1 amide bonds. The molecule has 6 heteroatoms. The maximum absolute atomic E-state index is 12.3. The summed E-state index contributed by atoms with van der Waals surface area (Å²) in [7, 11) is 0. The van der Waals surface area contributed by atoms with Crippen LogP contribution in [0.5, 0.6) is 11.5 Å². The van der Waals surface area contributed by atoms with E-state index in [9.17, 15) is 4.79 Å². The Labute approximate surface area is 143 Å². The number of nitrogens with one attached hydrogen (secondary N) is 1. The normalized spacial score (nSPS) is 13.2. The second kappa shape index (κ2) is 6.57. The van der Waals surface area contributed by atoms with Gasteiger partial charge in [0.25, 0.3) is 5.91 Å². The minimum Gasteiger partial charge on any atom is -0.485 e. The number of rotatable bonds is 5. The first-order valence-electron chi connectivity index (χ1n) is 8.02. The quantitative estimate of drug-likeness (QED) is 0.724. The topological polar surface area (TPSA) is 52.5 Å². The molecule has 0 atom stereocenters. The van der Waals surface area contributed by atoms with Crippen LogP contribution < -0.4 is 14.8 Å². The predicted octanol–water partition coefficient (Wildman–Crippen LogP) is 3.29. The Kier molecular flexibility index (Phi) is 4.13. The number of nitrogens with zero attached hydrogens (tertiary/aromatic N) is 1. The van der Waals surface area contributed by atoms with Gasteiger partial charge in [-0.05, 0) is 23.9 Å². The second-order valence-electron chi connectivity index (χ2n) is 5.63. The minimum atomic E-state index is -0.0934. The molecule has 0 fully saturated rings. The summed E-state index contributed by atoms with van der Waals surface area (Å²) in [5, 5.41) is 6.04. The van der Waals surface area contributed by atoms with E-state index in [1.165, 1.54) is 22.2 Å². The van der Waals surface area contributed by atoms with Gasteiger partial charge in [-0.1, -0.05) is 18.2 Å². The Morgan fingerprint density at radius 3 is 3.04 bits per heavy atom. The van der Waals surface area contributed by atoms with Crippen molar-refractivity contribution in [2.75, 3.05) is 19.8 Å². The molecule has 0 spiro atoms.